The molecule has 2 aliphatic rings. The molecule has 0 bridgehead atoms. The quantitative estimate of drug-likeness (QED) is 0.801. The van der Waals surface area contributed by atoms with Crippen molar-refractivity contribution in [1.82, 2.24) is 4.90 Å². The van der Waals surface area contributed by atoms with Crippen LogP contribution in [0, 0.1) is 17.8 Å². The van der Waals surface area contributed by atoms with Crippen molar-refractivity contribution < 1.29 is 9.90 Å². The molecule has 2 unspecified atom stereocenters. The van der Waals surface area contributed by atoms with Crippen LogP contribution in [0.15, 0.2) is 0 Å². The fourth-order valence-corrected chi connectivity index (χ4v) is 3.48. The number of hydrogen-bond acceptors (Lipinski definition) is 2. The number of rotatable bonds is 5. The monoisotopic (exact) mass is 239 g/mol. The van der Waals surface area contributed by atoms with Crippen molar-refractivity contribution in [2.24, 2.45) is 17.8 Å². The molecule has 98 valence electrons. The van der Waals surface area contributed by atoms with Gasteiger partial charge in [-0.1, -0.05) is 20.3 Å². The van der Waals surface area contributed by atoms with Crippen molar-refractivity contribution in [3.8, 4) is 0 Å². The standard InChI is InChI=1S/C14H25NO2/c1-10-4-3-5-11(2)14(10)15(9-13(16)17)8-12-6-7-12/h10-12,14H,3-9H2,1-2H3,(H,16,17). The number of aliphatic carboxylic acids is 1. The molecular formula is C14H25NO2. The maximum atomic E-state index is 11.0. The third kappa shape index (κ3) is 3.44. The Balaban J connectivity index is 2.02. The predicted molar refractivity (Wildman–Crippen MR) is 67.9 cm³/mol. The van der Waals surface area contributed by atoms with Gasteiger partial charge in [0.25, 0.3) is 0 Å². The van der Waals surface area contributed by atoms with Crippen LogP contribution >= 0.6 is 0 Å². The minimum atomic E-state index is -0.671. The zero-order valence-electron chi connectivity index (χ0n) is 11.1. The minimum absolute atomic E-state index is 0.232. The van der Waals surface area contributed by atoms with Crippen molar-refractivity contribution in [3.63, 3.8) is 0 Å². The second-order valence-electron chi connectivity index (χ2n) is 6.14. The molecule has 0 aromatic rings. The molecule has 3 nitrogen and oxygen atoms in total. The Bertz CT molecular complexity index is 265. The van der Waals surface area contributed by atoms with E-state index in [0.29, 0.717) is 17.9 Å². The lowest BCUT2D eigenvalue weighted by Gasteiger charge is -2.42. The number of carboxylic acid groups (broad SMARTS) is 1. The minimum Gasteiger partial charge on any atom is -0.480 e. The van der Waals surface area contributed by atoms with Crippen molar-refractivity contribution in [3.05, 3.63) is 0 Å². The maximum absolute atomic E-state index is 11.0. The molecule has 0 aliphatic heterocycles. The van der Waals surface area contributed by atoms with Crippen LogP contribution in [0.5, 0.6) is 0 Å². The van der Waals surface area contributed by atoms with E-state index in [0.717, 1.165) is 12.5 Å². The van der Waals surface area contributed by atoms with E-state index in [9.17, 15) is 4.79 Å². The molecule has 0 saturated heterocycles. The molecular weight excluding hydrogens is 214 g/mol. The molecule has 0 aromatic carbocycles. The van der Waals surface area contributed by atoms with E-state index in [-0.39, 0.29) is 6.54 Å². The van der Waals surface area contributed by atoms with E-state index >= 15 is 0 Å². The third-order valence-electron chi connectivity index (χ3n) is 4.43. The molecule has 17 heavy (non-hydrogen) atoms. The van der Waals surface area contributed by atoms with Crippen LogP contribution in [-0.4, -0.2) is 35.1 Å². The van der Waals surface area contributed by atoms with Gasteiger partial charge in [-0.15, -0.1) is 0 Å². The summed E-state index contributed by atoms with van der Waals surface area (Å²) in [6.07, 6.45) is 6.42. The van der Waals surface area contributed by atoms with Crippen LogP contribution in [0.25, 0.3) is 0 Å². The maximum Gasteiger partial charge on any atom is 0.317 e. The largest absolute Gasteiger partial charge is 0.480 e. The van der Waals surface area contributed by atoms with Gasteiger partial charge in [-0.2, -0.15) is 0 Å². The molecule has 1 N–H and O–H groups in total. The average Bonchev–Trinajstić information content (AvgIpc) is 3.00. The first kappa shape index (κ1) is 12.9. The van der Waals surface area contributed by atoms with E-state index in [1.807, 2.05) is 0 Å². The van der Waals surface area contributed by atoms with E-state index in [4.69, 9.17) is 5.11 Å². The molecule has 2 rings (SSSR count). The second-order valence-corrected chi connectivity index (χ2v) is 6.14. The smallest absolute Gasteiger partial charge is 0.317 e. The van der Waals surface area contributed by atoms with Crippen LogP contribution in [0.4, 0.5) is 0 Å². The Morgan fingerprint density at radius 2 is 1.76 bits per heavy atom. The highest BCUT2D eigenvalue weighted by Gasteiger charge is 2.36. The van der Waals surface area contributed by atoms with Crippen LogP contribution in [0.1, 0.15) is 46.0 Å². The Kier molecular flexibility index (Phi) is 4.08. The number of nitrogens with zero attached hydrogens (tertiary/aromatic N) is 1. The summed E-state index contributed by atoms with van der Waals surface area (Å²) in [5.74, 6) is 1.40. The van der Waals surface area contributed by atoms with Crippen LogP contribution in [0.3, 0.4) is 0 Å². The van der Waals surface area contributed by atoms with Gasteiger partial charge < -0.3 is 5.11 Å². The lowest BCUT2D eigenvalue weighted by atomic mass is 9.77. The topological polar surface area (TPSA) is 40.5 Å². The summed E-state index contributed by atoms with van der Waals surface area (Å²) in [7, 11) is 0. The zero-order chi connectivity index (χ0) is 12.4. The first-order valence-corrected chi connectivity index (χ1v) is 7.03. The highest BCUT2D eigenvalue weighted by molar-refractivity contribution is 5.69. The molecule has 0 aromatic heterocycles. The summed E-state index contributed by atoms with van der Waals surface area (Å²) in [4.78, 5) is 13.3. The fourth-order valence-electron chi connectivity index (χ4n) is 3.48. The summed E-state index contributed by atoms with van der Waals surface area (Å²) < 4.78 is 0. The molecule has 2 fully saturated rings. The summed E-state index contributed by atoms with van der Waals surface area (Å²) in [6.45, 7) is 5.83. The van der Waals surface area contributed by atoms with Gasteiger partial charge in [-0.05, 0) is 43.4 Å². The molecule has 2 atom stereocenters. The van der Waals surface area contributed by atoms with E-state index in [1.54, 1.807) is 0 Å². The Hall–Kier alpha value is -0.570. The van der Waals surface area contributed by atoms with Crippen LogP contribution in [0.2, 0.25) is 0 Å². The summed E-state index contributed by atoms with van der Waals surface area (Å²) >= 11 is 0. The molecule has 2 saturated carbocycles. The third-order valence-corrected chi connectivity index (χ3v) is 4.43. The average molecular weight is 239 g/mol. The van der Waals surface area contributed by atoms with Crippen LogP contribution in [-0.2, 0) is 4.79 Å². The van der Waals surface area contributed by atoms with E-state index in [2.05, 4.69) is 18.7 Å². The predicted octanol–water partition coefficient (Wildman–Crippen LogP) is 2.61. The normalized spacial score (nSPS) is 33.9. The van der Waals surface area contributed by atoms with Crippen molar-refractivity contribution in [1.29, 1.82) is 0 Å². The molecule has 0 amide bonds. The second kappa shape index (κ2) is 5.38. The highest BCUT2D eigenvalue weighted by atomic mass is 16.4. The number of hydrogen-bond donors (Lipinski definition) is 1. The van der Waals surface area contributed by atoms with Crippen molar-refractivity contribution >= 4 is 5.97 Å². The van der Waals surface area contributed by atoms with Crippen LogP contribution < -0.4 is 0 Å². The van der Waals surface area contributed by atoms with Gasteiger partial charge in [0.2, 0.25) is 0 Å². The fraction of sp³-hybridized carbons (Fsp3) is 0.929. The Morgan fingerprint density at radius 1 is 1.18 bits per heavy atom. The van der Waals surface area contributed by atoms with Gasteiger partial charge in [0.15, 0.2) is 0 Å². The molecule has 0 heterocycles. The Morgan fingerprint density at radius 3 is 2.24 bits per heavy atom. The van der Waals surface area contributed by atoms with E-state index in [1.165, 1.54) is 32.1 Å². The molecule has 0 spiro atoms. The van der Waals surface area contributed by atoms with Gasteiger partial charge in [0, 0.05) is 12.6 Å². The van der Waals surface area contributed by atoms with Crippen molar-refractivity contribution in [2.75, 3.05) is 13.1 Å². The highest BCUT2D eigenvalue weighted by Crippen LogP contribution is 2.36. The van der Waals surface area contributed by atoms with Crippen molar-refractivity contribution in [2.45, 2.75) is 52.0 Å². The van der Waals surface area contributed by atoms with Gasteiger partial charge in [-0.25, -0.2) is 0 Å². The van der Waals surface area contributed by atoms with E-state index < -0.39 is 5.97 Å². The lowest BCUT2D eigenvalue weighted by molar-refractivity contribution is -0.139. The summed E-state index contributed by atoms with van der Waals surface area (Å²) in [6, 6.07) is 0.487. The van der Waals surface area contributed by atoms with Gasteiger partial charge >= 0.3 is 5.97 Å². The molecule has 0 radical (unpaired) electrons. The first-order chi connectivity index (χ1) is 8.08. The summed E-state index contributed by atoms with van der Waals surface area (Å²) in [5.41, 5.74) is 0. The molecule has 2 aliphatic carbocycles. The summed E-state index contributed by atoms with van der Waals surface area (Å²) in [5, 5.41) is 9.08. The Labute approximate surface area is 104 Å². The zero-order valence-corrected chi connectivity index (χ0v) is 11.1. The molecule has 3 heteroatoms. The van der Waals surface area contributed by atoms with Gasteiger partial charge in [0.1, 0.15) is 0 Å². The van der Waals surface area contributed by atoms with Gasteiger partial charge in [-0.3, -0.25) is 9.69 Å². The van der Waals surface area contributed by atoms with Gasteiger partial charge in [0.05, 0.1) is 6.54 Å². The first-order valence-electron chi connectivity index (χ1n) is 7.03. The SMILES string of the molecule is CC1CCCC(C)C1N(CC(=O)O)CC1CC1. The number of carboxylic acids is 1. The number of carbonyl (C=O) groups is 1. The lowest BCUT2D eigenvalue weighted by Crippen LogP contribution is -2.49.